The first-order valence-corrected chi connectivity index (χ1v) is 7.20. The number of fused-ring (bicyclic) bond motifs is 1. The van der Waals surface area contributed by atoms with Crippen LogP contribution in [0, 0.1) is 12.8 Å². The molecule has 110 valence electrons. The minimum absolute atomic E-state index is 0.00832. The molecule has 1 aromatic heterocycles. The molecule has 3 rings (SSSR count). The number of carbonyl (C=O) groups excluding carboxylic acids is 1. The molecule has 6 heteroatoms. The van der Waals surface area contributed by atoms with Crippen molar-refractivity contribution in [2.24, 2.45) is 5.92 Å². The van der Waals surface area contributed by atoms with Gasteiger partial charge in [-0.25, -0.2) is 10.5 Å². The van der Waals surface area contributed by atoms with Gasteiger partial charge in [-0.15, -0.1) is 0 Å². The van der Waals surface area contributed by atoms with Gasteiger partial charge in [0.1, 0.15) is 11.9 Å². The number of aromatic nitrogens is 2. The Hall–Kier alpha value is -1.40. The number of hydrogen-bond donors (Lipinski definition) is 1. The van der Waals surface area contributed by atoms with E-state index in [0.717, 1.165) is 24.4 Å². The van der Waals surface area contributed by atoms with Crippen LogP contribution >= 0.6 is 0 Å². The Balaban J connectivity index is 1.59. The smallest absolute Gasteiger partial charge is 0.248 e. The van der Waals surface area contributed by atoms with E-state index in [-0.39, 0.29) is 17.9 Å². The Morgan fingerprint density at radius 1 is 1.60 bits per heavy atom. The van der Waals surface area contributed by atoms with Crippen molar-refractivity contribution < 1.29 is 14.4 Å². The van der Waals surface area contributed by atoms with E-state index in [1.807, 2.05) is 13.1 Å². The van der Waals surface area contributed by atoms with Crippen LogP contribution in [0.4, 0.5) is 0 Å². The monoisotopic (exact) mass is 279 g/mol. The molecule has 1 aromatic rings. The molecule has 3 atom stereocenters. The summed E-state index contributed by atoms with van der Waals surface area (Å²) in [6.07, 6.45) is 3.65. The van der Waals surface area contributed by atoms with Gasteiger partial charge in [0.2, 0.25) is 5.91 Å². The number of rotatable bonds is 3. The van der Waals surface area contributed by atoms with Crippen molar-refractivity contribution in [3.8, 4) is 0 Å². The number of carbonyl (C=O) groups is 1. The fraction of sp³-hybridized carbons (Fsp3) is 0.714. The summed E-state index contributed by atoms with van der Waals surface area (Å²) in [5.74, 6) is 1.27. The number of imidazole rings is 1. The highest BCUT2D eigenvalue weighted by Gasteiger charge is 2.31. The van der Waals surface area contributed by atoms with Gasteiger partial charge in [0.25, 0.3) is 0 Å². The second kappa shape index (κ2) is 5.54. The molecular weight excluding hydrogens is 258 g/mol. The van der Waals surface area contributed by atoms with Crippen LogP contribution in [0.1, 0.15) is 37.2 Å². The molecule has 20 heavy (non-hydrogen) atoms. The first-order chi connectivity index (χ1) is 9.63. The number of nitrogens with one attached hydrogen (secondary N) is 1. The van der Waals surface area contributed by atoms with Gasteiger partial charge in [0, 0.05) is 31.7 Å². The third-order valence-corrected chi connectivity index (χ3v) is 4.01. The lowest BCUT2D eigenvalue weighted by molar-refractivity contribution is -0.143. The average Bonchev–Trinajstić information content (AvgIpc) is 3.04. The van der Waals surface area contributed by atoms with Crippen LogP contribution < -0.4 is 5.48 Å². The van der Waals surface area contributed by atoms with Gasteiger partial charge < -0.3 is 9.30 Å². The Bertz CT molecular complexity index is 494. The zero-order valence-electron chi connectivity index (χ0n) is 12.0. The summed E-state index contributed by atoms with van der Waals surface area (Å²) in [6.45, 7) is 6.04. The van der Waals surface area contributed by atoms with E-state index in [1.165, 1.54) is 0 Å². The molecule has 0 spiro atoms. The standard InChI is InChI=1S/C14H21N3O3/c1-9-5-11(7-17-6-10(2)15-13(9)17)14(18)16-20-12-3-4-19-8-12/h6,9,11-12H,3-5,7-8H2,1-2H3,(H,16,18)/t9-,11+,12?/m1/s1. The first kappa shape index (κ1) is 13.6. The molecule has 0 saturated carbocycles. The van der Waals surface area contributed by atoms with Crippen molar-refractivity contribution in [3.05, 3.63) is 17.7 Å². The van der Waals surface area contributed by atoms with Crippen LogP contribution in [0.15, 0.2) is 6.20 Å². The number of amides is 1. The lowest BCUT2D eigenvalue weighted by Gasteiger charge is -2.27. The first-order valence-electron chi connectivity index (χ1n) is 7.20. The van der Waals surface area contributed by atoms with Crippen molar-refractivity contribution in [3.63, 3.8) is 0 Å². The molecule has 0 aromatic carbocycles. The molecule has 1 saturated heterocycles. The molecule has 1 unspecified atom stereocenters. The summed E-state index contributed by atoms with van der Waals surface area (Å²) in [7, 11) is 0. The van der Waals surface area contributed by atoms with E-state index < -0.39 is 0 Å². The lowest BCUT2D eigenvalue weighted by Crippen LogP contribution is -2.38. The summed E-state index contributed by atoms with van der Waals surface area (Å²) in [4.78, 5) is 22.1. The molecule has 0 bridgehead atoms. The summed E-state index contributed by atoms with van der Waals surface area (Å²) in [5, 5.41) is 0. The Morgan fingerprint density at radius 2 is 2.45 bits per heavy atom. The zero-order chi connectivity index (χ0) is 14.1. The molecule has 2 aliphatic rings. The summed E-state index contributed by atoms with van der Waals surface area (Å²) < 4.78 is 7.30. The van der Waals surface area contributed by atoms with Crippen molar-refractivity contribution >= 4 is 5.91 Å². The maximum absolute atomic E-state index is 12.2. The second-order valence-electron chi connectivity index (χ2n) is 5.80. The van der Waals surface area contributed by atoms with Crippen LogP contribution in [0.3, 0.4) is 0 Å². The summed E-state index contributed by atoms with van der Waals surface area (Å²) in [6, 6.07) is 0. The van der Waals surface area contributed by atoms with Crippen LogP contribution in [0.5, 0.6) is 0 Å². The zero-order valence-corrected chi connectivity index (χ0v) is 12.0. The third kappa shape index (κ3) is 2.71. The fourth-order valence-corrected chi connectivity index (χ4v) is 2.97. The van der Waals surface area contributed by atoms with E-state index in [9.17, 15) is 4.79 Å². The number of ether oxygens (including phenoxy) is 1. The number of aryl methyl sites for hydroxylation is 1. The van der Waals surface area contributed by atoms with Gasteiger partial charge in [-0.3, -0.25) is 9.63 Å². The van der Waals surface area contributed by atoms with Crippen LogP contribution in [0.2, 0.25) is 0 Å². The Morgan fingerprint density at radius 3 is 3.20 bits per heavy atom. The summed E-state index contributed by atoms with van der Waals surface area (Å²) >= 11 is 0. The lowest BCUT2D eigenvalue weighted by atomic mass is 9.91. The highest BCUT2D eigenvalue weighted by Crippen LogP contribution is 2.30. The molecule has 2 aliphatic heterocycles. The predicted octanol–water partition coefficient (Wildman–Crippen LogP) is 1.15. The molecule has 3 heterocycles. The van der Waals surface area contributed by atoms with Crippen molar-refractivity contribution in [1.82, 2.24) is 15.0 Å². The molecule has 1 fully saturated rings. The Kier molecular flexibility index (Phi) is 3.76. The van der Waals surface area contributed by atoms with Gasteiger partial charge in [0.05, 0.1) is 18.2 Å². The molecule has 0 radical (unpaired) electrons. The van der Waals surface area contributed by atoms with E-state index in [4.69, 9.17) is 9.57 Å². The minimum Gasteiger partial charge on any atom is -0.379 e. The van der Waals surface area contributed by atoms with Gasteiger partial charge in [-0.2, -0.15) is 0 Å². The molecular formula is C14H21N3O3. The van der Waals surface area contributed by atoms with Gasteiger partial charge in [-0.05, 0) is 13.3 Å². The topological polar surface area (TPSA) is 65.4 Å². The maximum atomic E-state index is 12.2. The highest BCUT2D eigenvalue weighted by atomic mass is 16.7. The number of hydroxylamine groups is 1. The van der Waals surface area contributed by atoms with E-state index >= 15 is 0 Å². The summed E-state index contributed by atoms with van der Waals surface area (Å²) in [5.41, 5.74) is 3.61. The Labute approximate surface area is 118 Å². The van der Waals surface area contributed by atoms with Crippen molar-refractivity contribution in [2.75, 3.05) is 13.2 Å². The van der Waals surface area contributed by atoms with Crippen LogP contribution in [-0.2, 0) is 20.9 Å². The van der Waals surface area contributed by atoms with Crippen LogP contribution in [-0.4, -0.2) is 34.8 Å². The normalized spacial score (nSPS) is 29.2. The molecule has 0 aliphatic carbocycles. The highest BCUT2D eigenvalue weighted by molar-refractivity contribution is 5.77. The van der Waals surface area contributed by atoms with Crippen molar-refractivity contribution in [1.29, 1.82) is 0 Å². The van der Waals surface area contributed by atoms with Gasteiger partial charge in [0.15, 0.2) is 0 Å². The molecule has 1 N–H and O–H groups in total. The van der Waals surface area contributed by atoms with Gasteiger partial charge in [-0.1, -0.05) is 6.92 Å². The largest absolute Gasteiger partial charge is 0.379 e. The number of nitrogens with zero attached hydrogens (tertiary/aromatic N) is 2. The van der Waals surface area contributed by atoms with Gasteiger partial charge >= 0.3 is 0 Å². The fourth-order valence-electron chi connectivity index (χ4n) is 2.97. The second-order valence-corrected chi connectivity index (χ2v) is 5.80. The van der Waals surface area contributed by atoms with E-state index in [2.05, 4.69) is 22.0 Å². The molecule has 6 nitrogen and oxygen atoms in total. The molecule has 1 amide bonds. The van der Waals surface area contributed by atoms with Crippen molar-refractivity contribution in [2.45, 2.75) is 45.3 Å². The maximum Gasteiger partial charge on any atom is 0.248 e. The number of hydrogen-bond acceptors (Lipinski definition) is 4. The average molecular weight is 279 g/mol. The van der Waals surface area contributed by atoms with E-state index in [1.54, 1.807) is 0 Å². The van der Waals surface area contributed by atoms with E-state index in [0.29, 0.717) is 25.7 Å². The van der Waals surface area contributed by atoms with Crippen LogP contribution in [0.25, 0.3) is 0 Å². The minimum atomic E-state index is -0.0616. The predicted molar refractivity (Wildman–Crippen MR) is 71.9 cm³/mol. The quantitative estimate of drug-likeness (QED) is 0.843. The third-order valence-electron chi connectivity index (χ3n) is 4.01. The SMILES string of the molecule is Cc1cn2c(n1)[C@H](C)C[C@H](C(=O)NOC1CCOC1)C2.